The van der Waals surface area contributed by atoms with Gasteiger partial charge in [0.1, 0.15) is 11.9 Å². The van der Waals surface area contributed by atoms with E-state index in [0.717, 1.165) is 0 Å². The first-order valence-electron chi connectivity index (χ1n) is 5.94. The van der Waals surface area contributed by atoms with Crippen LogP contribution in [0, 0.1) is 17.8 Å². The van der Waals surface area contributed by atoms with Crippen molar-refractivity contribution in [3.8, 4) is 23.8 Å². The van der Waals surface area contributed by atoms with Crippen LogP contribution in [-0.2, 0) is 0 Å². The first-order chi connectivity index (χ1) is 9.63. The molecule has 104 valence electrons. The molecule has 1 aliphatic rings. The number of rotatable bonds is 4. The molecular weight excluding hydrogens is 258 g/mol. The highest BCUT2D eigenvalue weighted by Gasteiger charge is 2.38. The highest BCUT2D eigenvalue weighted by molar-refractivity contribution is 6.06. The number of amidine groups is 1. The number of para-hydroxylation sites is 1. The first kappa shape index (κ1) is 13.7. The largest absolute Gasteiger partial charge is 0.493 e. The van der Waals surface area contributed by atoms with Crippen LogP contribution in [0.2, 0.25) is 0 Å². The molecule has 1 heterocycles. The third-order valence-corrected chi connectivity index (χ3v) is 3.08. The van der Waals surface area contributed by atoms with E-state index in [0.29, 0.717) is 17.1 Å². The predicted molar refractivity (Wildman–Crippen MR) is 74.1 cm³/mol. The number of hydrogen-bond donors (Lipinski definition) is 2. The molecule has 2 N–H and O–H groups in total. The summed E-state index contributed by atoms with van der Waals surface area (Å²) in [5.41, 5.74) is 0.658. The molecule has 0 spiro atoms. The second-order valence-corrected chi connectivity index (χ2v) is 4.16. The van der Waals surface area contributed by atoms with Gasteiger partial charge in [-0.25, -0.2) is 4.79 Å². The molecule has 6 heteroatoms. The lowest BCUT2D eigenvalue weighted by Crippen LogP contribution is -2.30. The SMILES string of the molecule is C#CCN1C(=O)NC(=N)C1c1cccc(OC)c1OC. The van der Waals surface area contributed by atoms with Crippen molar-refractivity contribution in [2.45, 2.75) is 6.04 Å². The van der Waals surface area contributed by atoms with Crippen LogP contribution in [0.15, 0.2) is 18.2 Å². The highest BCUT2D eigenvalue weighted by atomic mass is 16.5. The Balaban J connectivity index is 2.51. The van der Waals surface area contributed by atoms with E-state index in [1.54, 1.807) is 18.2 Å². The Morgan fingerprint density at radius 3 is 2.80 bits per heavy atom. The summed E-state index contributed by atoms with van der Waals surface area (Å²) >= 11 is 0. The molecule has 1 aromatic rings. The summed E-state index contributed by atoms with van der Waals surface area (Å²) in [6.45, 7) is 0.110. The van der Waals surface area contributed by atoms with Crippen LogP contribution in [0.1, 0.15) is 11.6 Å². The summed E-state index contributed by atoms with van der Waals surface area (Å²) < 4.78 is 10.6. The molecule has 2 rings (SSSR count). The van der Waals surface area contributed by atoms with Gasteiger partial charge in [-0.3, -0.25) is 15.6 Å². The van der Waals surface area contributed by atoms with E-state index in [4.69, 9.17) is 21.3 Å². The van der Waals surface area contributed by atoms with E-state index >= 15 is 0 Å². The zero-order valence-corrected chi connectivity index (χ0v) is 11.3. The van der Waals surface area contributed by atoms with E-state index in [-0.39, 0.29) is 18.4 Å². The van der Waals surface area contributed by atoms with Crippen molar-refractivity contribution in [1.29, 1.82) is 5.41 Å². The van der Waals surface area contributed by atoms with Crippen LogP contribution in [0.25, 0.3) is 0 Å². The van der Waals surface area contributed by atoms with Gasteiger partial charge in [-0.2, -0.15) is 0 Å². The Kier molecular flexibility index (Phi) is 3.80. The summed E-state index contributed by atoms with van der Waals surface area (Å²) in [7, 11) is 3.05. The Morgan fingerprint density at radius 1 is 1.45 bits per heavy atom. The standard InChI is InChI=1S/C14H15N3O3/c1-4-8-17-11(13(15)16-14(17)18)9-6-5-7-10(19-2)12(9)20-3/h1,5-7,11H,8H2,2-3H3,(H2,15,16,18). The number of carbonyl (C=O) groups is 1. The molecular formula is C14H15N3O3. The van der Waals surface area contributed by atoms with Gasteiger partial charge in [0.15, 0.2) is 11.5 Å². The molecule has 1 aromatic carbocycles. The number of nitrogens with zero attached hydrogens (tertiary/aromatic N) is 1. The van der Waals surface area contributed by atoms with E-state index in [9.17, 15) is 4.79 Å². The fourth-order valence-corrected chi connectivity index (χ4v) is 2.24. The Hall–Kier alpha value is -2.68. The van der Waals surface area contributed by atoms with Crippen molar-refractivity contribution in [2.75, 3.05) is 20.8 Å². The van der Waals surface area contributed by atoms with Crippen molar-refractivity contribution in [3.05, 3.63) is 23.8 Å². The number of urea groups is 1. The minimum atomic E-state index is -0.594. The zero-order chi connectivity index (χ0) is 14.7. The lowest BCUT2D eigenvalue weighted by Gasteiger charge is -2.23. The van der Waals surface area contributed by atoms with Crippen molar-refractivity contribution < 1.29 is 14.3 Å². The summed E-state index contributed by atoms with van der Waals surface area (Å²) in [5, 5.41) is 10.4. The van der Waals surface area contributed by atoms with Crippen molar-refractivity contribution >= 4 is 11.9 Å². The molecule has 2 amide bonds. The molecule has 6 nitrogen and oxygen atoms in total. The Bertz CT molecular complexity index is 592. The van der Waals surface area contributed by atoms with E-state index in [1.807, 2.05) is 0 Å². The molecule has 1 aliphatic heterocycles. The van der Waals surface area contributed by atoms with Gasteiger partial charge in [-0.1, -0.05) is 18.1 Å². The van der Waals surface area contributed by atoms with E-state index < -0.39 is 6.04 Å². The molecule has 0 aromatic heterocycles. The Labute approximate surface area is 117 Å². The van der Waals surface area contributed by atoms with Crippen LogP contribution in [0.3, 0.4) is 0 Å². The van der Waals surface area contributed by atoms with Crippen molar-refractivity contribution in [3.63, 3.8) is 0 Å². The number of carbonyl (C=O) groups excluding carboxylic acids is 1. The van der Waals surface area contributed by atoms with E-state index in [2.05, 4.69) is 11.2 Å². The quantitative estimate of drug-likeness (QED) is 0.814. The van der Waals surface area contributed by atoms with Gasteiger partial charge in [-0.15, -0.1) is 6.42 Å². The minimum absolute atomic E-state index is 0.0665. The summed E-state index contributed by atoms with van der Waals surface area (Å²) in [6.07, 6.45) is 5.28. The number of terminal acetylenes is 1. The second kappa shape index (κ2) is 5.53. The average molecular weight is 273 g/mol. The van der Waals surface area contributed by atoms with Crippen molar-refractivity contribution in [2.24, 2.45) is 0 Å². The predicted octanol–water partition coefficient (Wildman–Crippen LogP) is 1.38. The molecule has 0 aliphatic carbocycles. The lowest BCUT2D eigenvalue weighted by molar-refractivity contribution is 0.211. The summed E-state index contributed by atoms with van der Waals surface area (Å²) in [6, 6.07) is 4.33. The first-order valence-corrected chi connectivity index (χ1v) is 5.94. The van der Waals surface area contributed by atoms with Gasteiger partial charge < -0.3 is 9.47 Å². The fourth-order valence-electron chi connectivity index (χ4n) is 2.24. The normalized spacial score (nSPS) is 17.6. The average Bonchev–Trinajstić information content (AvgIpc) is 2.72. The number of amides is 2. The molecule has 0 bridgehead atoms. The molecule has 0 radical (unpaired) electrons. The third-order valence-electron chi connectivity index (χ3n) is 3.08. The molecule has 1 fully saturated rings. The lowest BCUT2D eigenvalue weighted by atomic mass is 10.0. The van der Waals surface area contributed by atoms with Gasteiger partial charge >= 0.3 is 6.03 Å². The van der Waals surface area contributed by atoms with Gasteiger partial charge in [0, 0.05) is 5.56 Å². The number of nitrogens with one attached hydrogen (secondary N) is 2. The Morgan fingerprint density at radius 2 is 2.20 bits per heavy atom. The number of hydrogen-bond acceptors (Lipinski definition) is 4. The minimum Gasteiger partial charge on any atom is -0.493 e. The zero-order valence-electron chi connectivity index (χ0n) is 11.3. The van der Waals surface area contributed by atoms with E-state index in [1.165, 1.54) is 19.1 Å². The van der Waals surface area contributed by atoms with Gasteiger partial charge in [0.25, 0.3) is 0 Å². The molecule has 20 heavy (non-hydrogen) atoms. The number of ether oxygens (including phenoxy) is 2. The van der Waals surface area contributed by atoms with Gasteiger partial charge in [-0.05, 0) is 6.07 Å². The third kappa shape index (κ3) is 2.14. The summed E-state index contributed by atoms with van der Waals surface area (Å²) in [5.74, 6) is 3.52. The highest BCUT2D eigenvalue weighted by Crippen LogP contribution is 2.38. The second-order valence-electron chi connectivity index (χ2n) is 4.16. The fraction of sp³-hybridized carbons (Fsp3) is 0.286. The molecule has 1 atom stereocenters. The van der Waals surface area contributed by atoms with Crippen LogP contribution in [0.4, 0.5) is 4.79 Å². The molecule has 1 saturated heterocycles. The van der Waals surface area contributed by atoms with Crippen molar-refractivity contribution in [1.82, 2.24) is 10.2 Å². The maximum Gasteiger partial charge on any atom is 0.324 e. The maximum absolute atomic E-state index is 11.8. The van der Waals surface area contributed by atoms with Crippen LogP contribution in [-0.4, -0.2) is 37.5 Å². The monoisotopic (exact) mass is 273 g/mol. The smallest absolute Gasteiger partial charge is 0.324 e. The van der Waals surface area contributed by atoms with Crippen LogP contribution in [0.5, 0.6) is 11.5 Å². The van der Waals surface area contributed by atoms with Crippen LogP contribution < -0.4 is 14.8 Å². The number of benzene rings is 1. The molecule has 0 saturated carbocycles. The van der Waals surface area contributed by atoms with Crippen LogP contribution >= 0.6 is 0 Å². The van der Waals surface area contributed by atoms with Gasteiger partial charge in [0.05, 0.1) is 20.8 Å². The van der Waals surface area contributed by atoms with Gasteiger partial charge in [0.2, 0.25) is 0 Å². The maximum atomic E-state index is 11.8. The molecule has 1 unspecified atom stereocenters. The summed E-state index contributed by atoms with van der Waals surface area (Å²) in [4.78, 5) is 13.2. The topological polar surface area (TPSA) is 74.7 Å². The number of methoxy groups -OCH3 is 2.